The van der Waals surface area contributed by atoms with Crippen molar-refractivity contribution in [1.82, 2.24) is 15.3 Å². The molecular weight excluding hydrogens is 270 g/mol. The van der Waals surface area contributed by atoms with E-state index in [-0.39, 0.29) is 29.8 Å². The van der Waals surface area contributed by atoms with Gasteiger partial charge in [0.1, 0.15) is 18.1 Å². The molecule has 0 atom stereocenters. The zero-order valence-electron chi connectivity index (χ0n) is 11.1. The van der Waals surface area contributed by atoms with E-state index in [0.29, 0.717) is 5.82 Å². The van der Waals surface area contributed by atoms with Gasteiger partial charge in [-0.25, -0.2) is 9.97 Å². The number of aromatic nitrogens is 2. The van der Waals surface area contributed by atoms with Crippen molar-refractivity contribution >= 4 is 23.5 Å². The zero-order chi connectivity index (χ0) is 14.4. The van der Waals surface area contributed by atoms with Crippen LogP contribution in [0, 0.1) is 0 Å². The Hall–Kier alpha value is -1.69. The molecule has 7 heteroatoms. The van der Waals surface area contributed by atoms with Gasteiger partial charge in [-0.2, -0.15) is 0 Å². The number of hydrogen-bond acceptors (Lipinski definition) is 5. The molecule has 1 amide bonds. The molecule has 0 aliphatic carbocycles. The van der Waals surface area contributed by atoms with Gasteiger partial charge in [-0.15, -0.1) is 0 Å². The maximum atomic E-state index is 11.9. The lowest BCUT2D eigenvalue weighted by Gasteiger charge is -2.08. The minimum atomic E-state index is -0.526. The third-order valence-corrected chi connectivity index (χ3v) is 2.47. The monoisotopic (exact) mass is 285 g/mol. The van der Waals surface area contributed by atoms with Crippen LogP contribution in [-0.4, -0.2) is 35.0 Å². The second kappa shape index (κ2) is 7.04. The van der Waals surface area contributed by atoms with Gasteiger partial charge < -0.3 is 10.1 Å². The van der Waals surface area contributed by atoms with Crippen LogP contribution in [-0.2, 0) is 9.53 Å². The Morgan fingerprint density at radius 3 is 2.74 bits per heavy atom. The van der Waals surface area contributed by atoms with Crippen molar-refractivity contribution in [2.24, 2.45) is 0 Å². The van der Waals surface area contributed by atoms with Crippen LogP contribution in [0.2, 0.25) is 5.02 Å². The van der Waals surface area contributed by atoms with Crippen molar-refractivity contribution in [2.75, 3.05) is 13.2 Å². The zero-order valence-corrected chi connectivity index (χ0v) is 11.8. The molecule has 0 bridgehead atoms. The lowest BCUT2D eigenvalue weighted by atomic mass is 10.2. The molecule has 0 aliphatic rings. The Morgan fingerprint density at radius 2 is 2.16 bits per heavy atom. The number of nitrogens with zero attached hydrogens (tertiary/aromatic N) is 2. The van der Waals surface area contributed by atoms with Crippen molar-refractivity contribution in [3.8, 4) is 0 Å². The van der Waals surface area contributed by atoms with Gasteiger partial charge in [0.15, 0.2) is 0 Å². The van der Waals surface area contributed by atoms with Crippen molar-refractivity contribution in [1.29, 1.82) is 0 Å². The normalized spacial score (nSPS) is 10.4. The summed E-state index contributed by atoms with van der Waals surface area (Å²) >= 11 is 5.87. The van der Waals surface area contributed by atoms with E-state index < -0.39 is 11.9 Å². The Balaban J connectivity index is 2.76. The fourth-order valence-corrected chi connectivity index (χ4v) is 1.44. The summed E-state index contributed by atoms with van der Waals surface area (Å²) in [5.41, 5.74) is 0.0599. The van der Waals surface area contributed by atoms with E-state index in [0.717, 1.165) is 0 Å². The highest BCUT2D eigenvalue weighted by Gasteiger charge is 2.16. The fourth-order valence-electron chi connectivity index (χ4n) is 1.27. The number of carbonyl (C=O) groups excluding carboxylic acids is 2. The lowest BCUT2D eigenvalue weighted by Crippen LogP contribution is -2.31. The van der Waals surface area contributed by atoms with Gasteiger partial charge in [0.05, 0.1) is 17.8 Å². The van der Waals surface area contributed by atoms with Crippen molar-refractivity contribution in [3.05, 3.63) is 22.7 Å². The Morgan fingerprint density at radius 1 is 1.47 bits per heavy atom. The summed E-state index contributed by atoms with van der Waals surface area (Å²) in [6, 6.07) is 0. The molecule has 0 saturated heterocycles. The minimum Gasteiger partial charge on any atom is -0.465 e. The first-order chi connectivity index (χ1) is 8.95. The van der Waals surface area contributed by atoms with Crippen LogP contribution in [0.1, 0.15) is 43.0 Å². The van der Waals surface area contributed by atoms with E-state index in [1.165, 1.54) is 6.20 Å². The van der Waals surface area contributed by atoms with Gasteiger partial charge in [-0.1, -0.05) is 25.4 Å². The van der Waals surface area contributed by atoms with E-state index >= 15 is 0 Å². The maximum absolute atomic E-state index is 11.9. The maximum Gasteiger partial charge on any atom is 0.325 e. The number of hydrogen-bond donors (Lipinski definition) is 1. The third kappa shape index (κ3) is 4.48. The first-order valence-corrected chi connectivity index (χ1v) is 6.29. The van der Waals surface area contributed by atoms with Gasteiger partial charge in [0.25, 0.3) is 5.91 Å². The lowest BCUT2D eigenvalue weighted by molar-refractivity contribution is -0.141. The van der Waals surface area contributed by atoms with Crippen molar-refractivity contribution in [2.45, 2.75) is 26.7 Å². The van der Waals surface area contributed by atoms with Crippen LogP contribution in [0.5, 0.6) is 0 Å². The Bertz CT molecular complexity index is 477. The number of esters is 1. The van der Waals surface area contributed by atoms with Crippen molar-refractivity contribution in [3.63, 3.8) is 0 Å². The quantitative estimate of drug-likeness (QED) is 0.830. The minimum absolute atomic E-state index is 0.0599. The summed E-state index contributed by atoms with van der Waals surface area (Å²) in [6.45, 7) is 5.55. The number of rotatable bonds is 5. The second-order valence-corrected chi connectivity index (χ2v) is 4.47. The second-order valence-electron chi connectivity index (χ2n) is 4.07. The topological polar surface area (TPSA) is 81.2 Å². The summed E-state index contributed by atoms with van der Waals surface area (Å²) in [7, 11) is 0. The molecule has 1 aromatic rings. The summed E-state index contributed by atoms with van der Waals surface area (Å²) in [5, 5.41) is 2.55. The predicted molar refractivity (Wildman–Crippen MR) is 70.1 cm³/mol. The summed E-state index contributed by atoms with van der Waals surface area (Å²) in [4.78, 5) is 31.1. The number of nitrogens with one attached hydrogen (secondary N) is 1. The molecule has 104 valence electrons. The average molecular weight is 286 g/mol. The highest BCUT2D eigenvalue weighted by Crippen LogP contribution is 2.16. The summed E-state index contributed by atoms with van der Waals surface area (Å²) < 4.78 is 4.70. The molecule has 0 aliphatic heterocycles. The Kier molecular flexibility index (Phi) is 5.69. The van der Waals surface area contributed by atoms with Gasteiger partial charge in [-0.3, -0.25) is 9.59 Å². The van der Waals surface area contributed by atoms with Gasteiger partial charge in [0.2, 0.25) is 0 Å². The van der Waals surface area contributed by atoms with Crippen LogP contribution in [0.3, 0.4) is 0 Å². The molecule has 1 heterocycles. The summed E-state index contributed by atoms with van der Waals surface area (Å²) in [6.07, 6.45) is 1.38. The van der Waals surface area contributed by atoms with E-state index in [1.54, 1.807) is 6.92 Å². The number of halogens is 1. The first-order valence-electron chi connectivity index (χ1n) is 5.92. The molecule has 0 radical (unpaired) electrons. The smallest absolute Gasteiger partial charge is 0.325 e. The van der Waals surface area contributed by atoms with E-state index in [4.69, 9.17) is 16.3 Å². The highest BCUT2D eigenvalue weighted by atomic mass is 35.5. The Labute approximate surface area is 116 Å². The molecule has 0 unspecified atom stereocenters. The fraction of sp³-hybridized carbons (Fsp3) is 0.500. The van der Waals surface area contributed by atoms with Gasteiger partial charge >= 0.3 is 5.97 Å². The van der Waals surface area contributed by atoms with E-state index in [9.17, 15) is 9.59 Å². The largest absolute Gasteiger partial charge is 0.465 e. The molecule has 0 aromatic carbocycles. The molecule has 6 nitrogen and oxygen atoms in total. The van der Waals surface area contributed by atoms with Crippen LogP contribution in [0.25, 0.3) is 0 Å². The standard InChI is InChI=1S/C12H16ClN3O3/c1-4-19-9(17)6-15-12(18)10-8(13)5-14-11(16-10)7(2)3/h5,7H,4,6H2,1-3H3,(H,15,18). The molecular formula is C12H16ClN3O3. The summed E-state index contributed by atoms with van der Waals surface area (Å²) in [5.74, 6) is -0.438. The molecule has 1 rings (SSSR count). The molecule has 19 heavy (non-hydrogen) atoms. The molecule has 0 fully saturated rings. The van der Waals surface area contributed by atoms with Gasteiger partial charge in [0, 0.05) is 5.92 Å². The van der Waals surface area contributed by atoms with Crippen LogP contribution < -0.4 is 5.32 Å². The molecule has 1 N–H and O–H groups in total. The van der Waals surface area contributed by atoms with Crippen LogP contribution >= 0.6 is 11.6 Å². The van der Waals surface area contributed by atoms with Crippen molar-refractivity contribution < 1.29 is 14.3 Å². The molecule has 0 saturated carbocycles. The number of amides is 1. The predicted octanol–water partition coefficient (Wildman–Crippen LogP) is 1.55. The SMILES string of the molecule is CCOC(=O)CNC(=O)c1nc(C(C)C)ncc1Cl. The third-order valence-electron chi connectivity index (χ3n) is 2.19. The average Bonchev–Trinajstić information content (AvgIpc) is 2.36. The van der Waals surface area contributed by atoms with E-state index in [2.05, 4.69) is 15.3 Å². The van der Waals surface area contributed by atoms with E-state index in [1.807, 2.05) is 13.8 Å². The first kappa shape index (κ1) is 15.4. The van der Waals surface area contributed by atoms with Crippen LogP contribution in [0.15, 0.2) is 6.20 Å². The molecule has 1 aromatic heterocycles. The molecule has 0 spiro atoms. The number of carbonyl (C=O) groups is 2. The van der Waals surface area contributed by atoms with Crippen LogP contribution in [0.4, 0.5) is 0 Å². The highest BCUT2D eigenvalue weighted by molar-refractivity contribution is 6.33. The number of ether oxygens (including phenoxy) is 1. The van der Waals surface area contributed by atoms with Gasteiger partial charge in [-0.05, 0) is 6.92 Å².